The van der Waals surface area contributed by atoms with Gasteiger partial charge in [0.25, 0.3) is 5.69 Å². The van der Waals surface area contributed by atoms with E-state index in [4.69, 9.17) is 0 Å². The topological polar surface area (TPSA) is 93.3 Å². The van der Waals surface area contributed by atoms with Crippen molar-refractivity contribution >= 4 is 17.2 Å². The smallest absolute Gasteiger partial charge is 0.260 e. The normalized spacial score (nSPS) is 11.2. The molecule has 0 aliphatic rings. The molecule has 108 valence electrons. The average molecular weight is 285 g/mol. The summed E-state index contributed by atoms with van der Waals surface area (Å²) in [6.07, 6.45) is 6.27. The SMILES string of the molecule is CCCC(=NNc1cnccn1)c1cccc([N+](=O)[O-])c1. The van der Waals surface area contributed by atoms with Crippen molar-refractivity contribution in [1.29, 1.82) is 0 Å². The van der Waals surface area contributed by atoms with Crippen LogP contribution in [0.3, 0.4) is 0 Å². The summed E-state index contributed by atoms with van der Waals surface area (Å²) in [5.41, 5.74) is 4.34. The third-order valence-electron chi connectivity index (χ3n) is 2.75. The van der Waals surface area contributed by atoms with Gasteiger partial charge >= 0.3 is 0 Å². The van der Waals surface area contributed by atoms with Crippen LogP contribution in [0.5, 0.6) is 0 Å². The predicted octanol–water partition coefficient (Wildman–Crippen LogP) is 3.00. The molecular formula is C14H15N5O2. The molecule has 0 spiro atoms. The highest BCUT2D eigenvalue weighted by molar-refractivity contribution is 6.01. The van der Waals surface area contributed by atoms with Gasteiger partial charge in [-0.3, -0.25) is 20.5 Å². The molecule has 0 saturated carbocycles. The molecule has 0 unspecified atom stereocenters. The minimum absolute atomic E-state index is 0.0517. The van der Waals surface area contributed by atoms with Gasteiger partial charge in [-0.15, -0.1) is 0 Å². The minimum atomic E-state index is -0.414. The number of hydrogen-bond acceptors (Lipinski definition) is 6. The molecule has 0 bridgehead atoms. The van der Waals surface area contributed by atoms with E-state index < -0.39 is 4.92 Å². The van der Waals surface area contributed by atoms with Crippen LogP contribution < -0.4 is 5.43 Å². The molecule has 7 heteroatoms. The van der Waals surface area contributed by atoms with Gasteiger partial charge in [-0.25, -0.2) is 4.98 Å². The molecule has 0 fully saturated rings. The molecular weight excluding hydrogens is 270 g/mol. The average Bonchev–Trinajstić information content (AvgIpc) is 2.52. The summed E-state index contributed by atoms with van der Waals surface area (Å²) < 4.78 is 0. The zero-order chi connectivity index (χ0) is 15.1. The van der Waals surface area contributed by atoms with Gasteiger partial charge in [0.15, 0.2) is 5.82 Å². The molecule has 2 aromatic rings. The summed E-state index contributed by atoms with van der Waals surface area (Å²) in [5, 5.41) is 15.1. The summed E-state index contributed by atoms with van der Waals surface area (Å²) in [6, 6.07) is 6.44. The monoisotopic (exact) mass is 285 g/mol. The van der Waals surface area contributed by atoms with Gasteiger partial charge in [0, 0.05) is 30.1 Å². The van der Waals surface area contributed by atoms with E-state index >= 15 is 0 Å². The fraction of sp³-hybridized carbons (Fsp3) is 0.214. The fourth-order valence-electron chi connectivity index (χ4n) is 1.78. The molecule has 1 aromatic heterocycles. The molecule has 0 radical (unpaired) electrons. The van der Waals surface area contributed by atoms with E-state index in [1.807, 2.05) is 6.92 Å². The second kappa shape index (κ2) is 7.09. The second-order valence-electron chi connectivity index (χ2n) is 4.32. The Bertz CT molecular complexity index is 643. The molecule has 1 N–H and O–H groups in total. The predicted molar refractivity (Wildman–Crippen MR) is 80.2 cm³/mol. The summed E-state index contributed by atoms with van der Waals surface area (Å²) in [7, 11) is 0. The van der Waals surface area contributed by atoms with Crippen molar-refractivity contribution in [3.8, 4) is 0 Å². The van der Waals surface area contributed by atoms with Crippen LogP contribution in [-0.4, -0.2) is 20.6 Å². The first-order chi connectivity index (χ1) is 10.2. The largest absolute Gasteiger partial charge is 0.270 e. The first-order valence-electron chi connectivity index (χ1n) is 6.54. The third-order valence-corrected chi connectivity index (χ3v) is 2.75. The Balaban J connectivity index is 2.25. The highest BCUT2D eigenvalue weighted by atomic mass is 16.6. The van der Waals surface area contributed by atoms with Crippen LogP contribution in [0.15, 0.2) is 48.0 Å². The van der Waals surface area contributed by atoms with E-state index in [-0.39, 0.29) is 5.69 Å². The van der Waals surface area contributed by atoms with Crippen LogP contribution in [0, 0.1) is 10.1 Å². The molecule has 7 nitrogen and oxygen atoms in total. The summed E-state index contributed by atoms with van der Waals surface area (Å²) in [6.45, 7) is 2.02. The van der Waals surface area contributed by atoms with Gasteiger partial charge in [-0.1, -0.05) is 25.5 Å². The number of benzene rings is 1. The Morgan fingerprint density at radius 1 is 1.43 bits per heavy atom. The first-order valence-corrected chi connectivity index (χ1v) is 6.54. The van der Waals surface area contributed by atoms with E-state index in [0.717, 1.165) is 17.7 Å². The van der Waals surface area contributed by atoms with Crippen molar-refractivity contribution in [2.24, 2.45) is 5.10 Å². The molecule has 0 saturated heterocycles. The molecule has 1 heterocycles. The van der Waals surface area contributed by atoms with E-state index in [1.54, 1.807) is 30.7 Å². The van der Waals surface area contributed by atoms with Crippen molar-refractivity contribution in [3.63, 3.8) is 0 Å². The van der Waals surface area contributed by atoms with Gasteiger partial charge in [-0.2, -0.15) is 5.10 Å². The fourth-order valence-corrected chi connectivity index (χ4v) is 1.78. The first kappa shape index (κ1) is 14.6. The van der Waals surface area contributed by atoms with Crippen molar-refractivity contribution in [1.82, 2.24) is 9.97 Å². The van der Waals surface area contributed by atoms with Gasteiger partial charge < -0.3 is 0 Å². The second-order valence-corrected chi connectivity index (χ2v) is 4.32. The zero-order valence-electron chi connectivity index (χ0n) is 11.6. The number of non-ortho nitro benzene ring substituents is 1. The summed E-state index contributed by atoms with van der Waals surface area (Å²) >= 11 is 0. The van der Waals surface area contributed by atoms with Gasteiger partial charge in [0.05, 0.1) is 16.8 Å². The Morgan fingerprint density at radius 2 is 2.29 bits per heavy atom. The van der Waals surface area contributed by atoms with Crippen LogP contribution >= 0.6 is 0 Å². The highest BCUT2D eigenvalue weighted by Crippen LogP contribution is 2.16. The summed E-state index contributed by atoms with van der Waals surface area (Å²) in [4.78, 5) is 18.4. The maximum atomic E-state index is 10.8. The lowest BCUT2D eigenvalue weighted by atomic mass is 10.1. The van der Waals surface area contributed by atoms with Crippen LogP contribution in [0.1, 0.15) is 25.3 Å². The number of rotatable bonds is 6. The number of nitrogens with one attached hydrogen (secondary N) is 1. The lowest BCUT2D eigenvalue weighted by Crippen LogP contribution is -2.05. The van der Waals surface area contributed by atoms with Crippen molar-refractivity contribution in [2.75, 3.05) is 5.43 Å². The number of anilines is 1. The number of aromatic nitrogens is 2. The third kappa shape index (κ3) is 4.07. The maximum Gasteiger partial charge on any atom is 0.270 e. The molecule has 0 aliphatic heterocycles. The lowest BCUT2D eigenvalue weighted by molar-refractivity contribution is -0.384. The quantitative estimate of drug-likeness (QED) is 0.500. The van der Waals surface area contributed by atoms with Crippen LogP contribution in [-0.2, 0) is 0 Å². The Morgan fingerprint density at radius 3 is 2.95 bits per heavy atom. The minimum Gasteiger partial charge on any atom is -0.260 e. The number of hydrazone groups is 1. The van der Waals surface area contributed by atoms with E-state index in [1.165, 1.54) is 12.1 Å². The maximum absolute atomic E-state index is 10.8. The lowest BCUT2D eigenvalue weighted by Gasteiger charge is -2.06. The van der Waals surface area contributed by atoms with Gasteiger partial charge in [0.2, 0.25) is 0 Å². The summed E-state index contributed by atoms with van der Waals surface area (Å²) in [5.74, 6) is 0.525. The van der Waals surface area contributed by atoms with Crippen LogP contribution in [0.25, 0.3) is 0 Å². The van der Waals surface area contributed by atoms with E-state index in [2.05, 4.69) is 20.5 Å². The number of nitro benzene ring substituents is 1. The molecule has 21 heavy (non-hydrogen) atoms. The zero-order valence-corrected chi connectivity index (χ0v) is 11.6. The van der Waals surface area contributed by atoms with Crippen LogP contribution in [0.4, 0.5) is 11.5 Å². The highest BCUT2D eigenvalue weighted by Gasteiger charge is 2.09. The van der Waals surface area contributed by atoms with Crippen molar-refractivity contribution in [2.45, 2.75) is 19.8 Å². The van der Waals surface area contributed by atoms with Crippen molar-refractivity contribution in [3.05, 3.63) is 58.5 Å². The molecule has 0 amide bonds. The Kier molecular flexibility index (Phi) is 4.92. The Labute approximate surface area is 121 Å². The number of nitrogens with zero attached hydrogens (tertiary/aromatic N) is 4. The van der Waals surface area contributed by atoms with Crippen LogP contribution in [0.2, 0.25) is 0 Å². The van der Waals surface area contributed by atoms with Gasteiger partial charge in [-0.05, 0) is 6.42 Å². The molecule has 2 rings (SSSR count). The number of nitro groups is 1. The van der Waals surface area contributed by atoms with E-state index in [0.29, 0.717) is 12.2 Å². The van der Waals surface area contributed by atoms with Gasteiger partial charge in [0.1, 0.15) is 0 Å². The molecule has 0 aliphatic carbocycles. The standard InChI is InChI=1S/C14H15N5O2/c1-2-4-13(17-18-14-10-15-7-8-16-14)11-5-3-6-12(9-11)19(20)21/h3,5-10H,2,4H2,1H3,(H,16,18). The molecule has 0 atom stereocenters. The van der Waals surface area contributed by atoms with Crippen molar-refractivity contribution < 1.29 is 4.92 Å². The molecule has 1 aromatic carbocycles. The number of hydrogen-bond donors (Lipinski definition) is 1. The Hall–Kier alpha value is -2.83. The van der Waals surface area contributed by atoms with E-state index in [9.17, 15) is 10.1 Å².